The van der Waals surface area contributed by atoms with Gasteiger partial charge in [-0.2, -0.15) is 0 Å². The van der Waals surface area contributed by atoms with Gasteiger partial charge in [0.1, 0.15) is 5.57 Å². The number of hydrogen-bond donors (Lipinski definition) is 2. The standard InChI is InChI=1S/C26H23N3O4S/c1-14-8-9-22(15(2)10-14)29-24(31)21(23(30)27-26(29)34)13-19-11-16(3)28(17(19)4)20-7-5-6-18(12-20)25(32)33/h5-13H,1-4H3,(H,32,33)(H,27,30,34)/b21-13+. The number of hydrogen-bond acceptors (Lipinski definition) is 4. The molecule has 2 amide bonds. The van der Waals surface area contributed by atoms with Gasteiger partial charge in [0.15, 0.2) is 5.11 Å². The summed E-state index contributed by atoms with van der Waals surface area (Å²) in [5.41, 5.74) is 5.61. The predicted molar refractivity (Wildman–Crippen MR) is 134 cm³/mol. The van der Waals surface area contributed by atoms with Gasteiger partial charge in [-0.1, -0.05) is 23.8 Å². The molecule has 2 heterocycles. The van der Waals surface area contributed by atoms with Crippen LogP contribution in [0.1, 0.15) is 38.4 Å². The van der Waals surface area contributed by atoms with Gasteiger partial charge in [-0.25, -0.2) is 4.79 Å². The van der Waals surface area contributed by atoms with Crippen molar-refractivity contribution in [1.29, 1.82) is 0 Å². The second kappa shape index (κ2) is 8.72. The Bertz CT molecular complexity index is 1420. The number of anilines is 1. The van der Waals surface area contributed by atoms with Gasteiger partial charge in [-0.05, 0) is 87.4 Å². The van der Waals surface area contributed by atoms with E-state index in [1.807, 2.05) is 62.6 Å². The molecule has 3 aromatic rings. The van der Waals surface area contributed by atoms with E-state index in [2.05, 4.69) is 5.32 Å². The summed E-state index contributed by atoms with van der Waals surface area (Å²) in [6.07, 6.45) is 1.55. The van der Waals surface area contributed by atoms with E-state index < -0.39 is 17.8 Å². The molecule has 1 saturated heterocycles. The van der Waals surface area contributed by atoms with Gasteiger partial charge >= 0.3 is 5.97 Å². The van der Waals surface area contributed by atoms with Crippen molar-refractivity contribution in [3.05, 3.63) is 87.7 Å². The van der Waals surface area contributed by atoms with Gasteiger partial charge in [0, 0.05) is 17.1 Å². The van der Waals surface area contributed by atoms with E-state index in [-0.39, 0.29) is 16.2 Å². The Balaban J connectivity index is 1.78. The Morgan fingerprint density at radius 2 is 1.76 bits per heavy atom. The molecule has 0 radical (unpaired) electrons. The number of aromatic carboxylic acids is 1. The average Bonchev–Trinajstić information content (AvgIpc) is 3.05. The maximum atomic E-state index is 13.4. The van der Waals surface area contributed by atoms with Crippen LogP contribution in [0.15, 0.2) is 54.1 Å². The molecule has 0 unspecified atom stereocenters. The number of rotatable bonds is 4. The Kier molecular flexibility index (Phi) is 5.93. The minimum absolute atomic E-state index is 0.0342. The fraction of sp³-hybridized carbons (Fsp3) is 0.154. The quantitative estimate of drug-likeness (QED) is 0.336. The highest BCUT2D eigenvalue weighted by Crippen LogP contribution is 2.28. The van der Waals surface area contributed by atoms with Crippen molar-refractivity contribution in [2.45, 2.75) is 27.7 Å². The van der Waals surface area contributed by atoms with Crippen molar-refractivity contribution in [2.75, 3.05) is 4.90 Å². The molecule has 0 spiro atoms. The molecule has 0 saturated carbocycles. The number of benzene rings is 2. The summed E-state index contributed by atoms with van der Waals surface area (Å²) in [6, 6.07) is 14.1. The molecular weight excluding hydrogens is 450 g/mol. The van der Waals surface area contributed by atoms with Crippen molar-refractivity contribution in [2.24, 2.45) is 0 Å². The third kappa shape index (κ3) is 4.04. The van der Waals surface area contributed by atoms with Gasteiger partial charge in [0.2, 0.25) is 0 Å². The minimum Gasteiger partial charge on any atom is -0.478 e. The molecule has 172 valence electrons. The minimum atomic E-state index is -1.02. The zero-order chi connectivity index (χ0) is 24.7. The zero-order valence-electron chi connectivity index (χ0n) is 19.2. The molecule has 0 bridgehead atoms. The summed E-state index contributed by atoms with van der Waals surface area (Å²) < 4.78 is 1.89. The number of nitrogens with zero attached hydrogens (tertiary/aromatic N) is 2. The maximum Gasteiger partial charge on any atom is 0.335 e. The summed E-state index contributed by atoms with van der Waals surface area (Å²) in [6.45, 7) is 7.58. The van der Waals surface area contributed by atoms with E-state index in [1.54, 1.807) is 18.2 Å². The lowest BCUT2D eigenvalue weighted by atomic mass is 10.0. The Hall–Kier alpha value is -4.04. The fourth-order valence-corrected chi connectivity index (χ4v) is 4.47. The second-order valence-electron chi connectivity index (χ2n) is 8.27. The van der Waals surface area contributed by atoms with Crippen LogP contribution in [0.4, 0.5) is 5.69 Å². The van der Waals surface area contributed by atoms with Crippen molar-refractivity contribution in [3.8, 4) is 5.69 Å². The molecule has 0 atom stereocenters. The first-order valence-corrected chi connectivity index (χ1v) is 11.0. The largest absolute Gasteiger partial charge is 0.478 e. The van der Waals surface area contributed by atoms with E-state index in [1.165, 1.54) is 11.0 Å². The van der Waals surface area contributed by atoms with Crippen molar-refractivity contribution in [1.82, 2.24) is 9.88 Å². The molecule has 0 aliphatic carbocycles. The molecule has 2 aromatic carbocycles. The predicted octanol–water partition coefficient (Wildman–Crippen LogP) is 4.24. The summed E-state index contributed by atoms with van der Waals surface area (Å²) >= 11 is 5.31. The number of carboxylic acids is 1. The Morgan fingerprint density at radius 1 is 1.03 bits per heavy atom. The van der Waals surface area contributed by atoms with E-state index in [4.69, 9.17) is 12.2 Å². The average molecular weight is 474 g/mol. The summed E-state index contributed by atoms with van der Waals surface area (Å²) in [5, 5.41) is 12.0. The van der Waals surface area contributed by atoms with Gasteiger partial charge in [0.05, 0.1) is 11.3 Å². The summed E-state index contributed by atoms with van der Waals surface area (Å²) in [7, 11) is 0. The highest BCUT2D eigenvalue weighted by Gasteiger charge is 2.35. The number of amides is 2. The number of nitrogens with one attached hydrogen (secondary N) is 1. The molecule has 34 heavy (non-hydrogen) atoms. The van der Waals surface area contributed by atoms with E-state index in [0.29, 0.717) is 16.9 Å². The van der Waals surface area contributed by atoms with Crippen molar-refractivity contribution >= 4 is 46.9 Å². The van der Waals surface area contributed by atoms with Crippen LogP contribution < -0.4 is 10.2 Å². The maximum absolute atomic E-state index is 13.4. The van der Waals surface area contributed by atoms with Crippen LogP contribution >= 0.6 is 12.2 Å². The number of carboxylic acid groups (broad SMARTS) is 1. The lowest BCUT2D eigenvalue weighted by molar-refractivity contribution is -0.122. The van der Waals surface area contributed by atoms with Crippen LogP contribution in [0, 0.1) is 27.7 Å². The third-order valence-electron chi connectivity index (χ3n) is 5.82. The number of carbonyl (C=O) groups excluding carboxylic acids is 2. The molecule has 4 rings (SSSR count). The summed E-state index contributed by atoms with van der Waals surface area (Å²) in [5.74, 6) is -2.08. The normalized spacial score (nSPS) is 15.1. The molecule has 1 fully saturated rings. The first-order valence-electron chi connectivity index (χ1n) is 10.6. The van der Waals surface area contributed by atoms with Crippen LogP contribution in [-0.4, -0.2) is 32.6 Å². The monoisotopic (exact) mass is 473 g/mol. The molecular formula is C26H23N3O4S. The first kappa shape index (κ1) is 23.1. The van der Waals surface area contributed by atoms with Crippen LogP contribution in [0.2, 0.25) is 0 Å². The fourth-order valence-electron chi connectivity index (χ4n) is 4.20. The van der Waals surface area contributed by atoms with Crippen LogP contribution in [0.25, 0.3) is 11.8 Å². The third-order valence-corrected chi connectivity index (χ3v) is 6.10. The highest BCUT2D eigenvalue weighted by atomic mass is 32.1. The lowest BCUT2D eigenvalue weighted by Gasteiger charge is -2.30. The Morgan fingerprint density at radius 3 is 2.44 bits per heavy atom. The molecule has 8 heteroatoms. The van der Waals surface area contributed by atoms with Gasteiger partial charge in [-0.3, -0.25) is 19.8 Å². The van der Waals surface area contributed by atoms with Crippen LogP contribution in [0.3, 0.4) is 0 Å². The summed E-state index contributed by atoms with van der Waals surface area (Å²) in [4.78, 5) is 38.9. The number of carbonyl (C=O) groups is 3. The molecule has 1 aliphatic rings. The first-order chi connectivity index (χ1) is 16.1. The lowest BCUT2D eigenvalue weighted by Crippen LogP contribution is -2.54. The van der Waals surface area contributed by atoms with E-state index >= 15 is 0 Å². The molecule has 7 nitrogen and oxygen atoms in total. The van der Waals surface area contributed by atoms with E-state index in [9.17, 15) is 19.5 Å². The molecule has 2 N–H and O–H groups in total. The zero-order valence-corrected chi connectivity index (χ0v) is 20.0. The number of thiocarbonyl (C=S) groups is 1. The van der Waals surface area contributed by atoms with Crippen molar-refractivity contribution < 1.29 is 19.5 Å². The smallest absolute Gasteiger partial charge is 0.335 e. The molecule has 1 aliphatic heterocycles. The second-order valence-corrected chi connectivity index (χ2v) is 8.65. The SMILES string of the molecule is Cc1ccc(N2C(=O)/C(=C/c3cc(C)n(-c4cccc(C(=O)O)c4)c3C)C(=O)NC2=S)c(C)c1. The molecule has 1 aromatic heterocycles. The van der Waals surface area contributed by atoms with Crippen molar-refractivity contribution in [3.63, 3.8) is 0 Å². The van der Waals surface area contributed by atoms with Crippen LogP contribution in [0.5, 0.6) is 0 Å². The van der Waals surface area contributed by atoms with Gasteiger partial charge in [0.25, 0.3) is 11.8 Å². The highest BCUT2D eigenvalue weighted by molar-refractivity contribution is 7.80. The number of aryl methyl sites for hydroxylation is 3. The van der Waals surface area contributed by atoms with Gasteiger partial charge in [-0.15, -0.1) is 0 Å². The van der Waals surface area contributed by atoms with E-state index in [0.717, 1.165) is 22.5 Å². The topological polar surface area (TPSA) is 91.6 Å². The Labute approximate surface area is 202 Å². The number of aromatic nitrogens is 1. The van der Waals surface area contributed by atoms with Crippen LogP contribution in [-0.2, 0) is 9.59 Å². The van der Waals surface area contributed by atoms with Gasteiger partial charge < -0.3 is 9.67 Å².